The Morgan fingerprint density at radius 2 is 1.19 bits per heavy atom. The summed E-state index contributed by atoms with van der Waals surface area (Å²) in [5.74, 6) is -3.57. The highest BCUT2D eigenvalue weighted by Crippen LogP contribution is 2.13. The van der Waals surface area contributed by atoms with Gasteiger partial charge in [-0.25, -0.2) is 9.13 Å². The molecule has 10 heteroatoms. The molecule has 0 saturated heterocycles. The molecule has 0 amide bonds. The maximum Gasteiger partial charge on any atom is 0.320 e. The van der Waals surface area contributed by atoms with Crippen LogP contribution in [0.3, 0.4) is 0 Å². The molecule has 0 spiro atoms. The van der Waals surface area contributed by atoms with Crippen LogP contribution in [0.4, 0.5) is 0 Å². The van der Waals surface area contributed by atoms with Gasteiger partial charge in [0.05, 0.1) is 39.5 Å². The largest absolute Gasteiger partial charge is 0.465 e. The molecule has 1 heterocycles. The third kappa shape index (κ3) is 7.97. The zero-order valence-corrected chi connectivity index (χ0v) is 19.6. The van der Waals surface area contributed by atoms with Crippen molar-refractivity contribution in [2.24, 2.45) is 11.8 Å². The number of esters is 4. The molecule has 0 fully saturated rings. The molecular weight excluding hydrogens is 420 g/mol. The molecular formula is C22H35N2O8+. The summed E-state index contributed by atoms with van der Waals surface area (Å²) in [4.78, 5) is 48.6. The second-order valence-corrected chi connectivity index (χ2v) is 6.92. The first-order valence-corrected chi connectivity index (χ1v) is 11.0. The molecule has 0 unspecified atom stereocenters. The molecule has 180 valence electrons. The maximum absolute atomic E-state index is 12.2. The monoisotopic (exact) mass is 455 g/mol. The van der Waals surface area contributed by atoms with Crippen LogP contribution in [-0.2, 0) is 51.2 Å². The van der Waals surface area contributed by atoms with E-state index in [1.54, 1.807) is 27.7 Å². The van der Waals surface area contributed by atoms with Crippen molar-refractivity contribution in [3.8, 4) is 0 Å². The lowest BCUT2D eigenvalue weighted by atomic mass is 10.1. The SMILES string of the molecule is CCOC(=O)C(CCn1cc[n+](CCC(C(=O)OCC)C(=O)OCC)c1C)C(=O)OCC. The minimum atomic E-state index is -0.998. The molecule has 10 nitrogen and oxygen atoms in total. The number of rotatable bonds is 14. The Bertz CT molecular complexity index is 676. The summed E-state index contributed by atoms with van der Waals surface area (Å²) in [5.41, 5.74) is 0. The minimum absolute atomic E-state index is 0.180. The van der Waals surface area contributed by atoms with Crippen molar-refractivity contribution in [3.05, 3.63) is 18.2 Å². The Balaban J connectivity index is 2.84. The Kier molecular flexibility index (Phi) is 12.0. The normalized spacial score (nSPS) is 10.8. The first kappa shape index (κ1) is 27.1. The van der Waals surface area contributed by atoms with Gasteiger partial charge in [0.1, 0.15) is 12.4 Å². The molecule has 0 bridgehead atoms. The third-order valence-corrected chi connectivity index (χ3v) is 4.86. The molecule has 0 aliphatic heterocycles. The van der Waals surface area contributed by atoms with Crippen LogP contribution in [0.1, 0.15) is 46.4 Å². The van der Waals surface area contributed by atoms with Crippen molar-refractivity contribution in [2.75, 3.05) is 26.4 Å². The van der Waals surface area contributed by atoms with E-state index in [2.05, 4.69) is 0 Å². The zero-order chi connectivity index (χ0) is 24.1. The summed E-state index contributed by atoms with van der Waals surface area (Å²) >= 11 is 0. The van der Waals surface area contributed by atoms with Crippen LogP contribution in [0, 0.1) is 18.8 Å². The van der Waals surface area contributed by atoms with E-state index in [0.717, 1.165) is 5.82 Å². The molecule has 1 rings (SSSR count). The fraction of sp³-hybridized carbons (Fsp3) is 0.682. The van der Waals surface area contributed by atoms with Crippen molar-refractivity contribution in [2.45, 2.75) is 60.5 Å². The van der Waals surface area contributed by atoms with Crippen molar-refractivity contribution >= 4 is 23.9 Å². The lowest BCUT2D eigenvalue weighted by Crippen LogP contribution is -2.39. The fourth-order valence-electron chi connectivity index (χ4n) is 3.19. The van der Waals surface area contributed by atoms with Gasteiger partial charge in [0.15, 0.2) is 11.8 Å². The number of imidazole rings is 1. The van der Waals surface area contributed by atoms with Crippen molar-refractivity contribution in [1.29, 1.82) is 0 Å². The van der Waals surface area contributed by atoms with E-state index in [1.165, 1.54) is 0 Å². The van der Waals surface area contributed by atoms with E-state index in [4.69, 9.17) is 18.9 Å². The highest BCUT2D eigenvalue weighted by atomic mass is 16.6. The molecule has 0 aliphatic carbocycles. The van der Waals surface area contributed by atoms with Gasteiger partial charge in [-0.05, 0) is 27.7 Å². The summed E-state index contributed by atoms with van der Waals surface area (Å²) in [6.45, 7) is 10.1. The topological polar surface area (TPSA) is 114 Å². The van der Waals surface area contributed by atoms with Gasteiger partial charge < -0.3 is 18.9 Å². The third-order valence-electron chi connectivity index (χ3n) is 4.86. The fourth-order valence-corrected chi connectivity index (χ4v) is 3.19. The van der Waals surface area contributed by atoms with Crippen LogP contribution >= 0.6 is 0 Å². The average molecular weight is 456 g/mol. The smallest absolute Gasteiger partial charge is 0.320 e. The number of carbonyl (C=O) groups is 4. The first-order valence-electron chi connectivity index (χ1n) is 11.0. The number of ether oxygens (including phenoxy) is 4. The number of hydrogen-bond donors (Lipinski definition) is 0. The van der Waals surface area contributed by atoms with Gasteiger partial charge in [0.2, 0.25) is 0 Å². The summed E-state index contributed by atoms with van der Waals surface area (Å²) in [7, 11) is 0. The highest BCUT2D eigenvalue weighted by Gasteiger charge is 2.32. The quantitative estimate of drug-likeness (QED) is 0.179. The molecule has 1 aromatic heterocycles. The van der Waals surface area contributed by atoms with E-state index >= 15 is 0 Å². The van der Waals surface area contributed by atoms with Gasteiger partial charge in [-0.2, -0.15) is 0 Å². The first-order chi connectivity index (χ1) is 15.3. The Morgan fingerprint density at radius 1 is 0.781 bits per heavy atom. The van der Waals surface area contributed by atoms with Gasteiger partial charge in [-0.3, -0.25) is 19.2 Å². The summed E-state index contributed by atoms with van der Waals surface area (Å²) < 4.78 is 23.8. The number of carbonyl (C=O) groups excluding carboxylic acids is 4. The van der Waals surface area contributed by atoms with Gasteiger partial charge in [0.25, 0.3) is 5.82 Å². The van der Waals surface area contributed by atoms with Crippen LogP contribution in [0.2, 0.25) is 0 Å². The molecule has 0 N–H and O–H groups in total. The second-order valence-electron chi connectivity index (χ2n) is 6.92. The van der Waals surface area contributed by atoms with Gasteiger partial charge >= 0.3 is 23.9 Å². The van der Waals surface area contributed by atoms with Gasteiger partial charge in [-0.15, -0.1) is 0 Å². The number of aryl methyl sites for hydroxylation is 2. The van der Waals surface area contributed by atoms with Gasteiger partial charge in [-0.1, -0.05) is 0 Å². The lowest BCUT2D eigenvalue weighted by molar-refractivity contribution is -0.703. The molecule has 32 heavy (non-hydrogen) atoms. The van der Waals surface area contributed by atoms with E-state index in [1.807, 2.05) is 28.5 Å². The summed E-state index contributed by atoms with van der Waals surface area (Å²) in [5, 5.41) is 0. The number of hydrogen-bond acceptors (Lipinski definition) is 8. The lowest BCUT2D eigenvalue weighted by Gasteiger charge is -2.14. The molecule has 0 saturated carbocycles. The van der Waals surface area contributed by atoms with Crippen molar-refractivity contribution < 1.29 is 42.7 Å². The Hall–Kier alpha value is -2.91. The maximum atomic E-state index is 12.2. The van der Waals surface area contributed by atoms with E-state index < -0.39 is 35.7 Å². The standard InChI is InChI=1S/C22H35N2O8/c1-6-29-19(25)17(20(26)30-7-2)10-12-23-14-15-24(16(23)5)13-11-18(21(27)31-8-3)22(28)32-9-4/h14-15,17-18H,6-13H2,1-5H3/q+1. The summed E-state index contributed by atoms with van der Waals surface area (Å²) in [6, 6.07) is 0. The zero-order valence-electron chi connectivity index (χ0n) is 19.6. The van der Waals surface area contributed by atoms with Crippen LogP contribution in [0.15, 0.2) is 12.4 Å². The predicted molar refractivity (Wildman–Crippen MR) is 112 cm³/mol. The minimum Gasteiger partial charge on any atom is -0.465 e. The van der Waals surface area contributed by atoms with Gasteiger partial charge in [0, 0.05) is 19.8 Å². The molecule has 1 aromatic rings. The average Bonchev–Trinajstić information content (AvgIpc) is 3.09. The van der Waals surface area contributed by atoms with E-state index in [-0.39, 0.29) is 39.3 Å². The van der Waals surface area contributed by atoms with E-state index in [9.17, 15) is 19.2 Å². The predicted octanol–water partition coefficient (Wildman–Crippen LogP) is 1.35. The molecule has 0 aliphatic rings. The second kappa shape index (κ2) is 14.2. The highest BCUT2D eigenvalue weighted by molar-refractivity contribution is 5.95. The van der Waals surface area contributed by atoms with Crippen molar-refractivity contribution in [1.82, 2.24) is 4.57 Å². The summed E-state index contributed by atoms with van der Waals surface area (Å²) in [6.07, 6.45) is 4.07. The van der Waals surface area contributed by atoms with Crippen LogP contribution in [-0.4, -0.2) is 54.9 Å². The molecule has 0 atom stereocenters. The van der Waals surface area contributed by atoms with Crippen LogP contribution < -0.4 is 4.57 Å². The Morgan fingerprint density at radius 3 is 1.59 bits per heavy atom. The van der Waals surface area contributed by atoms with Crippen molar-refractivity contribution in [3.63, 3.8) is 0 Å². The van der Waals surface area contributed by atoms with Crippen LogP contribution in [0.25, 0.3) is 0 Å². The number of nitrogens with zero attached hydrogens (tertiary/aromatic N) is 2. The Labute approximate surface area is 188 Å². The molecule has 0 aromatic carbocycles. The van der Waals surface area contributed by atoms with E-state index in [0.29, 0.717) is 13.1 Å². The van der Waals surface area contributed by atoms with Crippen LogP contribution in [0.5, 0.6) is 0 Å². The molecule has 0 radical (unpaired) electrons. The number of aromatic nitrogens is 2.